The lowest BCUT2D eigenvalue weighted by Crippen LogP contribution is -2.52. The van der Waals surface area contributed by atoms with Gasteiger partial charge in [-0.3, -0.25) is 0 Å². The van der Waals surface area contributed by atoms with E-state index in [1.165, 1.54) is 13.0 Å². The van der Waals surface area contributed by atoms with Crippen molar-refractivity contribution in [3.8, 4) is 12.3 Å². The molecule has 98 valence electrons. The largest absolute Gasteiger partial charge is 0.313 e. The zero-order valence-corrected chi connectivity index (χ0v) is 11.6. The summed E-state index contributed by atoms with van der Waals surface area (Å²) in [5.74, 6) is 2.80. The lowest BCUT2D eigenvalue weighted by Gasteiger charge is -2.39. The van der Waals surface area contributed by atoms with Crippen LogP contribution in [-0.2, 0) is 0 Å². The summed E-state index contributed by atoms with van der Waals surface area (Å²) in [5.41, 5.74) is 0. The van der Waals surface area contributed by atoms with Crippen LogP contribution in [0.1, 0.15) is 26.2 Å². The Hall–Kier alpha value is -0.560. The average Bonchev–Trinajstić information content (AvgIpc) is 2.31. The summed E-state index contributed by atoms with van der Waals surface area (Å²) >= 11 is 0. The topological polar surface area (TPSA) is 18.5 Å². The molecule has 1 aliphatic heterocycles. The zero-order valence-electron chi connectivity index (χ0n) is 11.6. The van der Waals surface area contributed by atoms with Gasteiger partial charge >= 0.3 is 0 Å². The molecule has 0 aromatic rings. The van der Waals surface area contributed by atoms with Gasteiger partial charge in [-0.2, -0.15) is 0 Å². The van der Waals surface area contributed by atoms with E-state index < -0.39 is 0 Å². The van der Waals surface area contributed by atoms with Crippen molar-refractivity contribution in [1.82, 2.24) is 15.1 Å². The van der Waals surface area contributed by atoms with Crippen molar-refractivity contribution in [2.24, 2.45) is 0 Å². The Morgan fingerprint density at radius 3 is 2.82 bits per heavy atom. The molecule has 3 heteroatoms. The molecular formula is C14H27N3. The van der Waals surface area contributed by atoms with E-state index in [9.17, 15) is 0 Å². The Kier molecular flexibility index (Phi) is 6.57. The summed E-state index contributed by atoms with van der Waals surface area (Å²) in [7, 11) is 4.43. The van der Waals surface area contributed by atoms with Gasteiger partial charge in [-0.25, -0.2) is 0 Å². The normalized spacial score (nSPS) is 24.5. The second-order valence-electron chi connectivity index (χ2n) is 5.19. The van der Waals surface area contributed by atoms with Gasteiger partial charge in [-0.05, 0) is 33.5 Å². The van der Waals surface area contributed by atoms with Crippen molar-refractivity contribution in [2.75, 3.05) is 40.3 Å². The molecule has 0 aliphatic carbocycles. The standard InChI is InChI=1S/C14H27N3/c1-5-7-13(15-8-6-2)11-14-12-16(3)9-10-17(14)4/h1,13-15H,6-12H2,2-4H3. The summed E-state index contributed by atoms with van der Waals surface area (Å²) in [6.45, 7) is 6.76. The molecule has 2 atom stereocenters. The van der Waals surface area contributed by atoms with Crippen LogP contribution in [0.25, 0.3) is 0 Å². The predicted octanol–water partition coefficient (Wildman–Crippen LogP) is 1.01. The number of nitrogens with zero attached hydrogens (tertiary/aromatic N) is 2. The molecule has 17 heavy (non-hydrogen) atoms. The maximum absolute atomic E-state index is 5.45. The third kappa shape index (κ3) is 5.08. The predicted molar refractivity (Wildman–Crippen MR) is 74.1 cm³/mol. The highest BCUT2D eigenvalue weighted by Gasteiger charge is 2.24. The Balaban J connectivity index is 2.43. The highest BCUT2D eigenvalue weighted by atomic mass is 15.3. The molecule has 2 unspecified atom stereocenters. The summed E-state index contributed by atoms with van der Waals surface area (Å²) in [6.07, 6.45) is 8.62. The van der Waals surface area contributed by atoms with Crippen molar-refractivity contribution >= 4 is 0 Å². The van der Waals surface area contributed by atoms with E-state index in [1.807, 2.05) is 0 Å². The second-order valence-corrected chi connectivity index (χ2v) is 5.19. The molecule has 0 saturated carbocycles. The molecule has 1 saturated heterocycles. The molecule has 3 nitrogen and oxygen atoms in total. The average molecular weight is 237 g/mol. The number of hydrogen-bond donors (Lipinski definition) is 1. The van der Waals surface area contributed by atoms with Crippen molar-refractivity contribution in [3.05, 3.63) is 0 Å². The fourth-order valence-electron chi connectivity index (χ4n) is 2.41. The summed E-state index contributed by atoms with van der Waals surface area (Å²) in [5, 5.41) is 3.57. The second kappa shape index (κ2) is 7.71. The van der Waals surface area contributed by atoms with Crippen molar-refractivity contribution in [1.29, 1.82) is 0 Å². The number of rotatable bonds is 6. The van der Waals surface area contributed by atoms with Crippen LogP contribution in [0.2, 0.25) is 0 Å². The minimum atomic E-state index is 0.471. The van der Waals surface area contributed by atoms with E-state index in [1.54, 1.807) is 0 Å². The summed E-state index contributed by atoms with van der Waals surface area (Å²) < 4.78 is 0. The molecular weight excluding hydrogens is 210 g/mol. The molecule has 0 bridgehead atoms. The van der Waals surface area contributed by atoms with Crippen LogP contribution in [0, 0.1) is 12.3 Å². The van der Waals surface area contributed by atoms with Crippen LogP contribution in [0.5, 0.6) is 0 Å². The van der Waals surface area contributed by atoms with Crippen LogP contribution in [-0.4, -0.2) is 62.2 Å². The van der Waals surface area contributed by atoms with E-state index in [2.05, 4.69) is 42.1 Å². The highest BCUT2D eigenvalue weighted by Crippen LogP contribution is 2.13. The molecule has 0 radical (unpaired) electrons. The first kappa shape index (κ1) is 14.5. The maximum Gasteiger partial charge on any atom is 0.0241 e. The number of nitrogens with one attached hydrogen (secondary N) is 1. The Labute approximate surface area is 107 Å². The SMILES string of the molecule is C#CCC(CC1CN(C)CCN1C)NCCC. The van der Waals surface area contributed by atoms with Gasteiger partial charge in [0.1, 0.15) is 0 Å². The number of piperazine rings is 1. The first-order valence-electron chi connectivity index (χ1n) is 6.73. The van der Waals surface area contributed by atoms with Crippen LogP contribution in [0.3, 0.4) is 0 Å². The molecule has 0 aromatic heterocycles. The van der Waals surface area contributed by atoms with Crippen LogP contribution < -0.4 is 5.32 Å². The van der Waals surface area contributed by atoms with Crippen LogP contribution in [0.4, 0.5) is 0 Å². The van der Waals surface area contributed by atoms with E-state index in [4.69, 9.17) is 6.42 Å². The fourth-order valence-corrected chi connectivity index (χ4v) is 2.41. The van der Waals surface area contributed by atoms with Crippen molar-refractivity contribution < 1.29 is 0 Å². The Morgan fingerprint density at radius 2 is 2.18 bits per heavy atom. The Morgan fingerprint density at radius 1 is 1.41 bits per heavy atom. The number of hydrogen-bond acceptors (Lipinski definition) is 3. The highest BCUT2D eigenvalue weighted by molar-refractivity contribution is 4.92. The molecule has 1 N–H and O–H groups in total. The van der Waals surface area contributed by atoms with Crippen molar-refractivity contribution in [3.63, 3.8) is 0 Å². The van der Waals surface area contributed by atoms with Gasteiger partial charge in [-0.1, -0.05) is 6.92 Å². The van der Waals surface area contributed by atoms with Crippen molar-refractivity contribution in [2.45, 2.75) is 38.3 Å². The van der Waals surface area contributed by atoms with E-state index in [-0.39, 0.29) is 0 Å². The number of terminal acetylenes is 1. The van der Waals surface area contributed by atoms with Crippen LogP contribution >= 0.6 is 0 Å². The molecule has 1 heterocycles. The summed E-state index contributed by atoms with van der Waals surface area (Å²) in [6, 6.07) is 1.11. The molecule has 0 aromatic carbocycles. The molecule has 1 fully saturated rings. The van der Waals surface area contributed by atoms with Gasteiger partial charge in [0.05, 0.1) is 0 Å². The van der Waals surface area contributed by atoms with Gasteiger partial charge < -0.3 is 15.1 Å². The lowest BCUT2D eigenvalue weighted by atomic mass is 10.0. The van der Waals surface area contributed by atoms with E-state index in [0.29, 0.717) is 12.1 Å². The smallest absolute Gasteiger partial charge is 0.0241 e. The minimum absolute atomic E-state index is 0.471. The van der Waals surface area contributed by atoms with Gasteiger partial charge in [-0.15, -0.1) is 12.3 Å². The maximum atomic E-state index is 5.45. The quantitative estimate of drug-likeness (QED) is 0.696. The zero-order chi connectivity index (χ0) is 12.7. The van der Waals surface area contributed by atoms with E-state index >= 15 is 0 Å². The van der Waals surface area contributed by atoms with Gasteiger partial charge in [0.25, 0.3) is 0 Å². The van der Waals surface area contributed by atoms with Gasteiger partial charge in [0.15, 0.2) is 0 Å². The number of likely N-dealkylation sites (N-methyl/N-ethyl adjacent to an activating group) is 2. The van der Waals surface area contributed by atoms with Gasteiger partial charge in [0, 0.05) is 38.1 Å². The minimum Gasteiger partial charge on any atom is -0.313 e. The Bertz CT molecular complexity index is 246. The van der Waals surface area contributed by atoms with Gasteiger partial charge in [0.2, 0.25) is 0 Å². The first-order valence-corrected chi connectivity index (χ1v) is 6.73. The molecule has 1 aliphatic rings. The third-order valence-electron chi connectivity index (χ3n) is 3.58. The summed E-state index contributed by atoms with van der Waals surface area (Å²) in [4.78, 5) is 4.88. The monoisotopic (exact) mass is 237 g/mol. The fraction of sp³-hybridized carbons (Fsp3) is 0.857. The lowest BCUT2D eigenvalue weighted by molar-refractivity contribution is 0.101. The van der Waals surface area contributed by atoms with E-state index in [0.717, 1.165) is 32.5 Å². The molecule has 0 amide bonds. The molecule has 0 spiro atoms. The molecule has 1 rings (SSSR count). The first-order chi connectivity index (χ1) is 8.17. The third-order valence-corrected chi connectivity index (χ3v) is 3.58. The van der Waals surface area contributed by atoms with Crippen LogP contribution in [0.15, 0.2) is 0 Å².